The van der Waals surface area contributed by atoms with E-state index in [-0.39, 0.29) is 23.7 Å². The number of carboxylic acids is 1. The molecule has 0 unspecified atom stereocenters. The van der Waals surface area contributed by atoms with Crippen molar-refractivity contribution < 1.29 is 19.4 Å². The Labute approximate surface area is 175 Å². The van der Waals surface area contributed by atoms with Crippen molar-refractivity contribution in [1.82, 2.24) is 0 Å². The Hall–Kier alpha value is -1.27. The van der Waals surface area contributed by atoms with Crippen molar-refractivity contribution in [3.05, 3.63) is 23.3 Å². The van der Waals surface area contributed by atoms with E-state index in [2.05, 4.69) is 73.3 Å². The van der Waals surface area contributed by atoms with E-state index in [0.29, 0.717) is 5.75 Å². The standard InChI is InChI=1S/C22H36O4SSi/c1-21(2,3)16-12-15(27-14-28(7,8)9)13-17(22(4,5)6)20(16)26-19(25)11-10-18(23)24/h12-13H,10-11,14H2,1-9H3,(H,23,24). The van der Waals surface area contributed by atoms with Crippen LogP contribution in [-0.4, -0.2) is 30.5 Å². The van der Waals surface area contributed by atoms with Gasteiger partial charge in [0, 0.05) is 16.0 Å². The molecule has 0 bridgehead atoms. The van der Waals surface area contributed by atoms with Gasteiger partial charge in [-0.3, -0.25) is 9.59 Å². The van der Waals surface area contributed by atoms with Crippen LogP contribution >= 0.6 is 11.8 Å². The molecule has 0 fully saturated rings. The predicted molar refractivity (Wildman–Crippen MR) is 120 cm³/mol. The minimum absolute atomic E-state index is 0.130. The Balaban J connectivity index is 3.45. The van der Waals surface area contributed by atoms with Crippen LogP contribution < -0.4 is 4.74 Å². The van der Waals surface area contributed by atoms with Gasteiger partial charge in [0.05, 0.1) is 20.9 Å². The third-order valence-corrected chi connectivity index (χ3v) is 8.72. The van der Waals surface area contributed by atoms with Gasteiger partial charge in [0.25, 0.3) is 0 Å². The minimum Gasteiger partial charge on any atom is -0.481 e. The van der Waals surface area contributed by atoms with E-state index < -0.39 is 20.0 Å². The molecule has 1 rings (SSSR count). The van der Waals surface area contributed by atoms with Crippen LogP contribution in [0.1, 0.15) is 65.5 Å². The minimum atomic E-state index is -1.21. The van der Waals surface area contributed by atoms with Crippen molar-refractivity contribution in [3.8, 4) is 5.75 Å². The van der Waals surface area contributed by atoms with Crippen molar-refractivity contribution in [2.24, 2.45) is 0 Å². The van der Waals surface area contributed by atoms with Crippen LogP contribution in [0.2, 0.25) is 19.6 Å². The zero-order valence-corrected chi connectivity index (χ0v) is 20.7. The molecule has 158 valence electrons. The van der Waals surface area contributed by atoms with Crippen molar-refractivity contribution in [2.45, 2.75) is 89.8 Å². The number of carboxylic acid groups (broad SMARTS) is 1. The summed E-state index contributed by atoms with van der Waals surface area (Å²) in [6, 6.07) is 4.28. The molecule has 0 saturated heterocycles. The fourth-order valence-corrected chi connectivity index (χ4v) is 5.38. The van der Waals surface area contributed by atoms with Gasteiger partial charge in [-0.2, -0.15) is 0 Å². The second kappa shape index (κ2) is 9.03. The number of benzene rings is 1. The molecular weight excluding hydrogens is 388 g/mol. The smallest absolute Gasteiger partial charge is 0.311 e. The van der Waals surface area contributed by atoms with E-state index in [1.165, 1.54) is 4.90 Å². The molecule has 1 N–H and O–H groups in total. The summed E-state index contributed by atoms with van der Waals surface area (Å²) in [5.74, 6) is -0.907. The zero-order chi connectivity index (χ0) is 21.9. The highest BCUT2D eigenvalue weighted by atomic mass is 32.2. The predicted octanol–water partition coefficient (Wildman–Crippen LogP) is 6.02. The molecular formula is C22H36O4SSi. The highest BCUT2D eigenvalue weighted by Gasteiger charge is 2.29. The van der Waals surface area contributed by atoms with E-state index >= 15 is 0 Å². The van der Waals surface area contributed by atoms with Crippen LogP contribution in [0.15, 0.2) is 17.0 Å². The fourth-order valence-electron chi connectivity index (χ4n) is 2.58. The van der Waals surface area contributed by atoms with Gasteiger partial charge in [-0.05, 0) is 28.3 Å². The molecule has 1 aromatic rings. The highest BCUT2D eigenvalue weighted by Crippen LogP contribution is 2.43. The average molecular weight is 425 g/mol. The maximum absolute atomic E-state index is 12.3. The molecule has 4 nitrogen and oxygen atoms in total. The molecule has 0 radical (unpaired) electrons. The summed E-state index contributed by atoms with van der Waals surface area (Å²) in [4.78, 5) is 24.3. The van der Waals surface area contributed by atoms with Gasteiger partial charge in [-0.15, -0.1) is 11.8 Å². The monoisotopic (exact) mass is 424 g/mol. The largest absolute Gasteiger partial charge is 0.481 e. The molecule has 0 amide bonds. The van der Waals surface area contributed by atoms with Crippen molar-refractivity contribution in [1.29, 1.82) is 0 Å². The summed E-state index contributed by atoms with van der Waals surface area (Å²) >= 11 is 1.87. The van der Waals surface area contributed by atoms with Crippen LogP contribution in [0.25, 0.3) is 0 Å². The van der Waals surface area contributed by atoms with Gasteiger partial charge >= 0.3 is 11.9 Å². The van der Waals surface area contributed by atoms with Crippen LogP contribution in [0, 0.1) is 0 Å². The molecule has 0 aliphatic rings. The highest BCUT2D eigenvalue weighted by molar-refractivity contribution is 8.01. The van der Waals surface area contributed by atoms with E-state index in [1.54, 1.807) is 0 Å². The van der Waals surface area contributed by atoms with E-state index in [4.69, 9.17) is 9.84 Å². The van der Waals surface area contributed by atoms with Crippen molar-refractivity contribution in [3.63, 3.8) is 0 Å². The Morgan fingerprint density at radius 1 is 0.964 bits per heavy atom. The van der Waals surface area contributed by atoms with Crippen LogP contribution in [0.5, 0.6) is 5.75 Å². The lowest BCUT2D eigenvalue weighted by Gasteiger charge is -2.30. The lowest BCUT2D eigenvalue weighted by Crippen LogP contribution is -2.24. The van der Waals surface area contributed by atoms with E-state index in [0.717, 1.165) is 16.5 Å². The lowest BCUT2D eigenvalue weighted by atomic mass is 9.79. The molecule has 0 aliphatic heterocycles. The number of hydrogen-bond acceptors (Lipinski definition) is 4. The van der Waals surface area contributed by atoms with Gasteiger partial charge in [-0.1, -0.05) is 61.2 Å². The van der Waals surface area contributed by atoms with Crippen LogP contribution in [-0.2, 0) is 20.4 Å². The van der Waals surface area contributed by atoms with E-state index in [9.17, 15) is 9.59 Å². The summed E-state index contributed by atoms with van der Waals surface area (Å²) < 4.78 is 5.78. The quantitative estimate of drug-likeness (QED) is 0.251. The molecule has 6 heteroatoms. The molecule has 0 aliphatic carbocycles. The van der Waals surface area contributed by atoms with Gasteiger partial charge in [0.2, 0.25) is 0 Å². The van der Waals surface area contributed by atoms with Gasteiger partial charge in [-0.25, -0.2) is 0 Å². The summed E-state index contributed by atoms with van der Waals surface area (Å²) in [6.45, 7) is 19.7. The first-order chi connectivity index (χ1) is 12.5. The number of esters is 1. The Morgan fingerprint density at radius 2 is 1.43 bits per heavy atom. The van der Waals surface area contributed by atoms with Crippen LogP contribution in [0.4, 0.5) is 0 Å². The maximum Gasteiger partial charge on any atom is 0.311 e. The number of ether oxygens (including phenoxy) is 1. The number of hydrogen-bond donors (Lipinski definition) is 1. The van der Waals surface area contributed by atoms with Crippen LogP contribution in [0.3, 0.4) is 0 Å². The second-order valence-electron chi connectivity index (χ2n) is 10.6. The lowest BCUT2D eigenvalue weighted by molar-refractivity contribution is -0.142. The molecule has 0 saturated carbocycles. The first-order valence-electron chi connectivity index (χ1n) is 9.75. The van der Waals surface area contributed by atoms with Crippen molar-refractivity contribution >= 4 is 31.8 Å². The SMILES string of the molecule is CC(C)(C)c1cc(SC[Si](C)(C)C)cc(C(C)(C)C)c1OC(=O)CCC(=O)O. The number of rotatable bonds is 7. The first kappa shape index (κ1) is 24.8. The topological polar surface area (TPSA) is 63.6 Å². The first-order valence-corrected chi connectivity index (χ1v) is 14.4. The molecule has 28 heavy (non-hydrogen) atoms. The number of carbonyl (C=O) groups is 2. The van der Waals surface area contributed by atoms with Gasteiger partial charge in [0.1, 0.15) is 5.75 Å². The Morgan fingerprint density at radius 3 is 1.79 bits per heavy atom. The second-order valence-corrected chi connectivity index (χ2v) is 17.6. The van der Waals surface area contributed by atoms with Gasteiger partial charge in [0.15, 0.2) is 0 Å². The third-order valence-electron chi connectivity index (χ3n) is 4.11. The normalized spacial score (nSPS) is 12.8. The van der Waals surface area contributed by atoms with E-state index in [1.807, 2.05) is 11.8 Å². The van der Waals surface area contributed by atoms with Crippen molar-refractivity contribution in [2.75, 3.05) is 5.38 Å². The molecule has 0 heterocycles. The zero-order valence-electron chi connectivity index (χ0n) is 18.9. The molecule has 0 spiro atoms. The number of thioether (sulfide) groups is 1. The van der Waals surface area contributed by atoms with Gasteiger partial charge < -0.3 is 9.84 Å². The summed E-state index contributed by atoms with van der Waals surface area (Å²) in [7, 11) is -1.21. The number of aliphatic carboxylic acids is 1. The Bertz CT molecular complexity index is 687. The molecule has 0 atom stereocenters. The average Bonchev–Trinajstić information content (AvgIpc) is 2.48. The maximum atomic E-state index is 12.3. The fraction of sp³-hybridized carbons (Fsp3) is 0.636. The summed E-state index contributed by atoms with van der Waals surface area (Å²) in [6.07, 6.45) is -0.354. The Kier molecular flexibility index (Phi) is 7.99. The number of carbonyl (C=O) groups excluding carboxylic acids is 1. The molecule has 1 aromatic carbocycles. The third kappa shape index (κ3) is 8.00. The summed E-state index contributed by atoms with van der Waals surface area (Å²) in [5.41, 5.74) is 1.55. The summed E-state index contributed by atoms with van der Waals surface area (Å²) in [5, 5.41) is 9.97. The molecule has 0 aromatic heterocycles.